The Hall–Kier alpha value is -3.74. The summed E-state index contributed by atoms with van der Waals surface area (Å²) in [5.41, 5.74) is 9.79. The number of benzene rings is 3. The minimum Gasteiger partial charge on any atom is -0.395 e. The average Bonchev–Trinajstić information content (AvgIpc) is 3.32. The number of nitrogens with two attached hydrogens (primary N) is 1. The average molecular weight is 483 g/mol. The van der Waals surface area contributed by atoms with Gasteiger partial charge < -0.3 is 20.3 Å². The molecule has 2 atom stereocenters. The smallest absolute Gasteiger partial charge is 0.254 e. The second-order valence-electron chi connectivity index (χ2n) is 9.42. The van der Waals surface area contributed by atoms with E-state index in [-0.39, 0.29) is 31.0 Å². The van der Waals surface area contributed by atoms with Crippen molar-refractivity contribution in [2.24, 2.45) is 11.7 Å². The highest BCUT2D eigenvalue weighted by atomic mass is 16.3. The molecule has 0 aliphatic rings. The van der Waals surface area contributed by atoms with Gasteiger partial charge in [-0.2, -0.15) is 0 Å². The lowest BCUT2D eigenvalue weighted by Gasteiger charge is -2.36. The molecule has 1 heterocycles. The fraction of sp³-hybridized carbons (Fsp3) is 0.267. The number of carbonyl (C=O) groups excluding carboxylic acids is 1. The van der Waals surface area contributed by atoms with Crippen molar-refractivity contribution >= 4 is 5.91 Å². The highest BCUT2D eigenvalue weighted by Crippen LogP contribution is 2.32. The third-order valence-corrected chi connectivity index (χ3v) is 6.25. The van der Waals surface area contributed by atoms with Gasteiger partial charge in [0.2, 0.25) is 0 Å². The van der Waals surface area contributed by atoms with Crippen molar-refractivity contribution in [2.75, 3.05) is 13.2 Å². The Labute approximate surface area is 213 Å². The van der Waals surface area contributed by atoms with E-state index in [1.165, 1.54) is 0 Å². The molecule has 6 nitrogen and oxygen atoms in total. The summed E-state index contributed by atoms with van der Waals surface area (Å²) in [4.78, 5) is 20.7. The zero-order valence-electron chi connectivity index (χ0n) is 20.9. The number of hydrogen-bond acceptors (Lipinski definition) is 4. The molecule has 0 radical (unpaired) electrons. The van der Waals surface area contributed by atoms with Crippen LogP contribution >= 0.6 is 0 Å². The Bertz CT molecular complexity index is 1240. The first kappa shape index (κ1) is 25.4. The Morgan fingerprint density at radius 3 is 2.11 bits per heavy atom. The van der Waals surface area contributed by atoms with E-state index in [2.05, 4.69) is 36.7 Å². The first-order chi connectivity index (χ1) is 17.5. The molecule has 0 bridgehead atoms. The largest absolute Gasteiger partial charge is 0.395 e. The SMILES string of the molecule is CC(C)[C@H](c1nc(-c2ccccc2)cn1Cc1ccccc1)N(CC(N)CO)C(=O)c1ccccc1. The molecule has 1 amide bonds. The normalized spacial score (nSPS) is 12.9. The Morgan fingerprint density at radius 1 is 0.944 bits per heavy atom. The predicted molar refractivity (Wildman–Crippen MR) is 143 cm³/mol. The summed E-state index contributed by atoms with van der Waals surface area (Å²) >= 11 is 0. The van der Waals surface area contributed by atoms with Crippen LogP contribution in [0.2, 0.25) is 0 Å². The Balaban J connectivity index is 1.83. The molecule has 0 aliphatic carbocycles. The van der Waals surface area contributed by atoms with Crippen molar-refractivity contribution in [3.63, 3.8) is 0 Å². The molecule has 1 unspecified atom stereocenters. The maximum Gasteiger partial charge on any atom is 0.254 e. The third kappa shape index (κ3) is 5.90. The molecule has 1 aromatic heterocycles. The van der Waals surface area contributed by atoms with Crippen LogP contribution in [0, 0.1) is 5.92 Å². The van der Waals surface area contributed by atoms with Crippen molar-refractivity contribution in [1.82, 2.24) is 14.5 Å². The number of aliphatic hydroxyl groups excluding tert-OH is 1. The Kier molecular flexibility index (Phi) is 8.31. The van der Waals surface area contributed by atoms with Crippen LogP contribution in [0.4, 0.5) is 0 Å². The highest BCUT2D eigenvalue weighted by molar-refractivity contribution is 5.94. The quantitative estimate of drug-likeness (QED) is 0.341. The van der Waals surface area contributed by atoms with E-state index in [1.54, 1.807) is 4.90 Å². The van der Waals surface area contributed by atoms with E-state index in [0.717, 1.165) is 22.6 Å². The van der Waals surface area contributed by atoms with E-state index in [4.69, 9.17) is 10.7 Å². The van der Waals surface area contributed by atoms with Gasteiger partial charge in [-0.25, -0.2) is 4.98 Å². The van der Waals surface area contributed by atoms with Crippen LogP contribution in [0.3, 0.4) is 0 Å². The summed E-state index contributed by atoms with van der Waals surface area (Å²) in [6.45, 7) is 4.80. The van der Waals surface area contributed by atoms with Crippen LogP contribution in [-0.2, 0) is 6.54 Å². The van der Waals surface area contributed by atoms with E-state index < -0.39 is 6.04 Å². The molecule has 6 heteroatoms. The van der Waals surface area contributed by atoms with Crippen LogP contribution in [0.5, 0.6) is 0 Å². The zero-order chi connectivity index (χ0) is 25.5. The van der Waals surface area contributed by atoms with E-state index in [1.807, 2.05) is 78.9 Å². The molecule has 3 aromatic carbocycles. The second kappa shape index (κ2) is 11.8. The number of imidazole rings is 1. The lowest BCUT2D eigenvalue weighted by atomic mass is 9.99. The van der Waals surface area contributed by atoms with Crippen LogP contribution in [0.1, 0.15) is 41.6 Å². The van der Waals surface area contributed by atoms with Gasteiger partial charge in [-0.3, -0.25) is 4.79 Å². The number of carbonyl (C=O) groups is 1. The number of hydrogen-bond donors (Lipinski definition) is 2. The molecule has 4 rings (SSSR count). The minimum absolute atomic E-state index is 0.0455. The maximum atomic E-state index is 13.8. The van der Waals surface area contributed by atoms with Crippen LogP contribution in [0.25, 0.3) is 11.3 Å². The van der Waals surface area contributed by atoms with Crippen LogP contribution < -0.4 is 5.73 Å². The van der Waals surface area contributed by atoms with E-state index in [0.29, 0.717) is 12.1 Å². The number of amides is 1. The van der Waals surface area contributed by atoms with Crippen LogP contribution in [0.15, 0.2) is 97.2 Å². The summed E-state index contributed by atoms with van der Waals surface area (Å²) in [5, 5.41) is 9.75. The van der Waals surface area contributed by atoms with Gasteiger partial charge >= 0.3 is 0 Å². The molecular formula is C30H34N4O2. The van der Waals surface area contributed by atoms with Crippen molar-refractivity contribution in [2.45, 2.75) is 32.5 Å². The molecule has 36 heavy (non-hydrogen) atoms. The van der Waals surface area contributed by atoms with Gasteiger partial charge in [0, 0.05) is 36.5 Å². The van der Waals surface area contributed by atoms with E-state index >= 15 is 0 Å². The summed E-state index contributed by atoms with van der Waals surface area (Å²) in [5.74, 6) is 0.708. The first-order valence-electron chi connectivity index (χ1n) is 12.4. The van der Waals surface area contributed by atoms with Gasteiger partial charge in [0.25, 0.3) is 5.91 Å². The summed E-state index contributed by atoms with van der Waals surface area (Å²) < 4.78 is 2.14. The van der Waals surface area contributed by atoms with Crippen molar-refractivity contribution in [3.8, 4) is 11.3 Å². The van der Waals surface area contributed by atoms with Gasteiger partial charge in [0.1, 0.15) is 5.82 Å². The summed E-state index contributed by atoms with van der Waals surface area (Å²) in [7, 11) is 0. The lowest BCUT2D eigenvalue weighted by molar-refractivity contribution is 0.0569. The zero-order valence-corrected chi connectivity index (χ0v) is 20.9. The number of aromatic nitrogens is 2. The van der Waals surface area contributed by atoms with Gasteiger partial charge in [0.05, 0.1) is 18.3 Å². The van der Waals surface area contributed by atoms with Crippen molar-refractivity contribution < 1.29 is 9.90 Å². The Morgan fingerprint density at radius 2 is 1.53 bits per heavy atom. The van der Waals surface area contributed by atoms with Crippen LogP contribution in [-0.4, -0.2) is 44.7 Å². The first-order valence-corrected chi connectivity index (χ1v) is 12.4. The van der Waals surface area contributed by atoms with Gasteiger partial charge in [0.15, 0.2) is 0 Å². The van der Waals surface area contributed by atoms with Crippen molar-refractivity contribution in [3.05, 3.63) is 114 Å². The predicted octanol–water partition coefficient (Wildman–Crippen LogP) is 4.76. The molecule has 4 aromatic rings. The molecule has 0 saturated carbocycles. The van der Waals surface area contributed by atoms with Gasteiger partial charge in [-0.1, -0.05) is 92.7 Å². The number of nitrogens with zero attached hydrogens (tertiary/aromatic N) is 3. The van der Waals surface area contributed by atoms with E-state index in [9.17, 15) is 9.90 Å². The standard InChI is InChI=1S/C30H34N4O2/c1-22(2)28(34(19-26(31)21-35)30(36)25-16-10-5-11-17-25)29-32-27(24-14-8-4-9-15-24)20-33(29)18-23-12-6-3-7-13-23/h3-17,20,22,26,28,35H,18-19,21,31H2,1-2H3/t26?,28-/m1/s1. The van der Waals surface area contributed by atoms with Gasteiger partial charge in [-0.15, -0.1) is 0 Å². The summed E-state index contributed by atoms with van der Waals surface area (Å²) in [6.07, 6.45) is 2.06. The molecular weight excluding hydrogens is 448 g/mol. The third-order valence-electron chi connectivity index (χ3n) is 6.25. The summed E-state index contributed by atoms with van der Waals surface area (Å²) in [6, 6.07) is 28.6. The monoisotopic (exact) mass is 482 g/mol. The second-order valence-corrected chi connectivity index (χ2v) is 9.42. The fourth-order valence-corrected chi connectivity index (χ4v) is 4.50. The number of rotatable bonds is 10. The molecule has 0 fully saturated rings. The van der Waals surface area contributed by atoms with Crippen molar-refractivity contribution in [1.29, 1.82) is 0 Å². The molecule has 0 saturated heterocycles. The fourth-order valence-electron chi connectivity index (χ4n) is 4.50. The highest BCUT2D eigenvalue weighted by Gasteiger charge is 2.33. The molecule has 3 N–H and O–H groups in total. The minimum atomic E-state index is -0.565. The lowest BCUT2D eigenvalue weighted by Crippen LogP contribution is -2.46. The maximum absolute atomic E-state index is 13.8. The molecule has 0 aliphatic heterocycles. The topological polar surface area (TPSA) is 84.4 Å². The number of aliphatic hydroxyl groups is 1. The molecule has 0 spiro atoms. The molecule has 186 valence electrons. The van der Waals surface area contributed by atoms with Gasteiger partial charge in [-0.05, 0) is 23.6 Å².